The van der Waals surface area contributed by atoms with Crippen LogP contribution in [0.3, 0.4) is 0 Å². The lowest BCUT2D eigenvalue weighted by molar-refractivity contribution is -0.136. The molecule has 186 valence electrons. The maximum absolute atomic E-state index is 13.3. The molecule has 0 aliphatic carbocycles. The second-order valence-electron chi connectivity index (χ2n) is 10.3. The first-order valence-corrected chi connectivity index (χ1v) is 13.6. The maximum atomic E-state index is 13.3. The Labute approximate surface area is 203 Å². The molecule has 1 aromatic carbocycles. The number of benzene rings is 1. The van der Waals surface area contributed by atoms with E-state index in [9.17, 15) is 13.2 Å². The van der Waals surface area contributed by atoms with Crippen LogP contribution in [0.25, 0.3) is 0 Å². The number of amides is 1. The zero-order valence-electron chi connectivity index (χ0n) is 20.4. The summed E-state index contributed by atoms with van der Waals surface area (Å²) in [5, 5.41) is 0. The van der Waals surface area contributed by atoms with Crippen LogP contribution in [0.4, 0.5) is 0 Å². The van der Waals surface area contributed by atoms with Gasteiger partial charge in [0.2, 0.25) is 21.8 Å². The summed E-state index contributed by atoms with van der Waals surface area (Å²) in [6.07, 6.45) is 4.10. The largest absolute Gasteiger partial charge is 0.444 e. The minimum absolute atomic E-state index is 0.0703. The highest BCUT2D eigenvalue weighted by Crippen LogP contribution is 2.26. The monoisotopic (exact) mass is 488 g/mol. The summed E-state index contributed by atoms with van der Waals surface area (Å²) in [5.74, 6) is 1.36. The third kappa shape index (κ3) is 5.70. The number of carbonyl (C=O) groups excluding carboxylic acids is 1. The minimum atomic E-state index is -3.58. The zero-order valence-corrected chi connectivity index (χ0v) is 21.3. The number of oxazole rings is 1. The summed E-state index contributed by atoms with van der Waals surface area (Å²) in [4.78, 5) is 22.3. The van der Waals surface area contributed by atoms with Crippen molar-refractivity contribution in [3.63, 3.8) is 0 Å². The van der Waals surface area contributed by atoms with Crippen LogP contribution < -0.4 is 0 Å². The molecule has 2 fully saturated rings. The molecular weight excluding hydrogens is 452 g/mol. The minimum Gasteiger partial charge on any atom is -0.444 e. The molecule has 1 atom stereocenters. The van der Waals surface area contributed by atoms with Crippen molar-refractivity contribution >= 4 is 15.9 Å². The second kappa shape index (κ2) is 10.2. The van der Waals surface area contributed by atoms with E-state index < -0.39 is 10.0 Å². The molecule has 3 heterocycles. The first kappa shape index (κ1) is 24.9. The summed E-state index contributed by atoms with van der Waals surface area (Å²) in [5.41, 5.74) is -0.0743. The molecule has 0 N–H and O–H groups in total. The Morgan fingerprint density at radius 1 is 1.06 bits per heavy atom. The van der Waals surface area contributed by atoms with Crippen molar-refractivity contribution in [2.45, 2.75) is 56.9 Å². The molecule has 1 unspecified atom stereocenters. The van der Waals surface area contributed by atoms with Crippen molar-refractivity contribution in [3.8, 4) is 0 Å². The number of sulfonamides is 1. The first-order valence-electron chi connectivity index (χ1n) is 12.2. The number of piperidine rings is 1. The number of carbonyl (C=O) groups is 1. The van der Waals surface area contributed by atoms with Crippen molar-refractivity contribution in [2.75, 3.05) is 39.3 Å². The van der Waals surface area contributed by atoms with Crippen molar-refractivity contribution < 1.29 is 17.6 Å². The molecular formula is C25H36N4O4S. The third-order valence-corrected chi connectivity index (χ3v) is 8.55. The van der Waals surface area contributed by atoms with Crippen molar-refractivity contribution in [1.82, 2.24) is 19.1 Å². The maximum Gasteiger partial charge on any atom is 0.243 e. The molecule has 2 aliphatic heterocycles. The van der Waals surface area contributed by atoms with Crippen LogP contribution in [0.2, 0.25) is 0 Å². The van der Waals surface area contributed by atoms with Gasteiger partial charge in [0.15, 0.2) is 0 Å². The fraction of sp³-hybridized carbons (Fsp3) is 0.600. The van der Waals surface area contributed by atoms with Gasteiger partial charge in [0.25, 0.3) is 0 Å². The van der Waals surface area contributed by atoms with Gasteiger partial charge in [-0.15, -0.1) is 0 Å². The number of hydrogen-bond donors (Lipinski definition) is 0. The van der Waals surface area contributed by atoms with E-state index in [1.54, 1.807) is 36.5 Å². The van der Waals surface area contributed by atoms with E-state index in [-0.39, 0.29) is 28.7 Å². The average molecular weight is 489 g/mol. The normalized spacial score (nSPS) is 21.4. The van der Waals surface area contributed by atoms with E-state index in [2.05, 4.69) is 30.7 Å². The van der Waals surface area contributed by atoms with Gasteiger partial charge in [-0.1, -0.05) is 39.0 Å². The lowest BCUT2D eigenvalue weighted by Crippen LogP contribution is -2.47. The number of hydrogen-bond acceptors (Lipinski definition) is 6. The predicted octanol–water partition coefficient (Wildman–Crippen LogP) is 3.11. The van der Waals surface area contributed by atoms with Gasteiger partial charge in [0.05, 0.1) is 23.6 Å². The summed E-state index contributed by atoms with van der Waals surface area (Å²) in [7, 11) is -3.58. The average Bonchev–Trinajstić information content (AvgIpc) is 3.18. The first-order chi connectivity index (χ1) is 16.1. The standard InChI is InChI=1S/C25H36N4O4S/c1-25(2,3)22-17-26-23(33-22)19-27-12-8-13-28(16-15-27)24(30)20-9-7-14-29(18-20)34(31,32)21-10-5-4-6-11-21/h4-6,10-11,17,20H,7-9,12-16,18-19H2,1-3H3. The van der Waals surface area contributed by atoms with Crippen molar-refractivity contribution in [3.05, 3.63) is 48.2 Å². The predicted molar refractivity (Wildman–Crippen MR) is 130 cm³/mol. The summed E-state index contributed by atoms with van der Waals surface area (Å²) in [6.45, 7) is 10.6. The molecule has 2 aliphatic rings. The molecule has 9 heteroatoms. The van der Waals surface area contributed by atoms with E-state index in [1.807, 2.05) is 4.90 Å². The molecule has 1 aromatic heterocycles. The molecule has 34 heavy (non-hydrogen) atoms. The topological polar surface area (TPSA) is 87.0 Å². The van der Waals surface area contributed by atoms with Gasteiger partial charge in [0, 0.05) is 44.7 Å². The van der Waals surface area contributed by atoms with Gasteiger partial charge in [-0.25, -0.2) is 13.4 Å². The van der Waals surface area contributed by atoms with Crippen LogP contribution >= 0.6 is 0 Å². The number of aromatic nitrogens is 1. The molecule has 0 radical (unpaired) electrons. The lowest BCUT2D eigenvalue weighted by Gasteiger charge is -2.34. The Bertz CT molecular complexity index is 1080. The molecule has 1 amide bonds. The van der Waals surface area contributed by atoms with Crippen LogP contribution in [0.15, 0.2) is 45.8 Å². The second-order valence-corrected chi connectivity index (χ2v) is 12.3. The van der Waals surface area contributed by atoms with Crippen molar-refractivity contribution in [2.24, 2.45) is 5.92 Å². The van der Waals surface area contributed by atoms with E-state index in [1.165, 1.54) is 4.31 Å². The Morgan fingerprint density at radius 3 is 2.53 bits per heavy atom. The molecule has 0 spiro atoms. The SMILES string of the molecule is CC(C)(C)c1cnc(CN2CCCN(C(=O)C3CCCN(S(=O)(=O)c4ccccc4)C3)CC2)o1. The highest BCUT2D eigenvalue weighted by atomic mass is 32.2. The van der Waals surface area contributed by atoms with E-state index in [0.717, 1.165) is 31.7 Å². The zero-order chi connectivity index (χ0) is 24.3. The van der Waals surface area contributed by atoms with Gasteiger partial charge in [0.1, 0.15) is 5.76 Å². The quantitative estimate of drug-likeness (QED) is 0.643. The highest BCUT2D eigenvalue weighted by Gasteiger charge is 2.35. The van der Waals surface area contributed by atoms with Gasteiger partial charge in [-0.3, -0.25) is 9.69 Å². The molecule has 8 nitrogen and oxygen atoms in total. The number of nitrogens with zero attached hydrogens (tertiary/aromatic N) is 4. The van der Waals surface area contributed by atoms with Crippen LogP contribution in [0.1, 0.15) is 51.7 Å². The van der Waals surface area contributed by atoms with Gasteiger partial charge in [-0.05, 0) is 31.4 Å². The van der Waals surface area contributed by atoms with E-state index >= 15 is 0 Å². The number of rotatable bonds is 5. The molecule has 0 bridgehead atoms. The van der Waals surface area contributed by atoms with E-state index in [0.29, 0.717) is 38.5 Å². The van der Waals surface area contributed by atoms with Gasteiger partial charge < -0.3 is 9.32 Å². The highest BCUT2D eigenvalue weighted by molar-refractivity contribution is 7.89. The van der Waals surface area contributed by atoms with Gasteiger partial charge >= 0.3 is 0 Å². The van der Waals surface area contributed by atoms with E-state index in [4.69, 9.17) is 4.42 Å². The van der Waals surface area contributed by atoms with Crippen molar-refractivity contribution in [1.29, 1.82) is 0 Å². The lowest BCUT2D eigenvalue weighted by atomic mass is 9.94. The fourth-order valence-electron chi connectivity index (χ4n) is 4.63. The molecule has 0 saturated carbocycles. The van der Waals surface area contributed by atoms with Crippen LogP contribution in [0.5, 0.6) is 0 Å². The summed E-state index contributed by atoms with van der Waals surface area (Å²) >= 11 is 0. The Kier molecular flexibility index (Phi) is 7.45. The Morgan fingerprint density at radius 2 is 1.82 bits per heavy atom. The summed E-state index contributed by atoms with van der Waals surface area (Å²) < 4.78 is 33.5. The Balaban J connectivity index is 1.35. The molecule has 4 rings (SSSR count). The molecule has 2 saturated heterocycles. The van der Waals surface area contributed by atoms with Crippen LogP contribution in [-0.4, -0.2) is 72.7 Å². The third-order valence-electron chi connectivity index (χ3n) is 6.67. The van der Waals surface area contributed by atoms with Gasteiger partial charge in [-0.2, -0.15) is 4.31 Å². The smallest absolute Gasteiger partial charge is 0.243 e. The Hall–Kier alpha value is -2.23. The molecule has 2 aromatic rings. The fourth-order valence-corrected chi connectivity index (χ4v) is 6.18. The van der Waals surface area contributed by atoms with Crippen LogP contribution in [-0.2, 0) is 26.8 Å². The van der Waals surface area contributed by atoms with Crippen LogP contribution in [0, 0.1) is 5.92 Å². The summed E-state index contributed by atoms with van der Waals surface area (Å²) in [6, 6.07) is 8.48.